The molecule has 3 rings (SSSR count). The summed E-state index contributed by atoms with van der Waals surface area (Å²) in [5.41, 5.74) is 8.75. The van der Waals surface area contributed by atoms with Crippen LogP contribution in [0.15, 0.2) is 60.7 Å². The Hall–Kier alpha value is -2.19. The lowest BCUT2D eigenvalue weighted by atomic mass is 9.83. The molecule has 0 aliphatic heterocycles. The highest BCUT2D eigenvalue weighted by atomic mass is 31.2. The molecule has 4 heteroatoms. The van der Waals surface area contributed by atoms with Gasteiger partial charge >= 0.3 is 8.60 Å². The summed E-state index contributed by atoms with van der Waals surface area (Å²) in [5, 5.41) is 0. The maximum atomic E-state index is 10.2. The summed E-state index contributed by atoms with van der Waals surface area (Å²) in [6.45, 7) is 6.84. The molecular weight excluding hydrogens is 619 g/mol. The zero-order chi connectivity index (χ0) is 34.9. The molecule has 0 amide bonds. The van der Waals surface area contributed by atoms with E-state index < -0.39 is 8.60 Å². The number of aryl methyl sites for hydroxylation is 3. The summed E-state index contributed by atoms with van der Waals surface area (Å²) in [4.78, 5) is 20.3. The van der Waals surface area contributed by atoms with E-state index >= 15 is 0 Å². The third kappa shape index (κ3) is 15.3. The normalized spacial score (nSPS) is 11.5. The molecule has 0 saturated heterocycles. The molecule has 0 aromatic heterocycles. The molecule has 272 valence electrons. The molecule has 0 aliphatic carbocycles. The fourth-order valence-corrected chi connectivity index (χ4v) is 7.68. The molecule has 0 saturated carbocycles. The van der Waals surface area contributed by atoms with Crippen LogP contribution in [0.3, 0.4) is 0 Å². The van der Waals surface area contributed by atoms with Crippen LogP contribution in [0.2, 0.25) is 0 Å². The molecule has 3 nitrogen and oxygen atoms in total. The lowest BCUT2D eigenvalue weighted by molar-refractivity contribution is 0.375. The number of rotatable bonds is 28. The molecule has 3 aromatic rings. The standard InChI is InChI=1S/C45H69O3P/c1-4-7-10-13-16-19-22-29-38-31-25-27-34-41(38)44-40(33-24-21-18-15-12-9-6-3)36-37-43(48-49(46)47)45(44)42-35-28-26-32-39(42)30-23-20-17-14-11-8-5-2/h25-28,31-32,34-37,46-47H,4-24,29-30,33H2,1-3H3. The van der Waals surface area contributed by atoms with Crippen LogP contribution in [0.1, 0.15) is 172 Å². The van der Waals surface area contributed by atoms with E-state index in [0.29, 0.717) is 5.75 Å². The van der Waals surface area contributed by atoms with E-state index in [4.69, 9.17) is 4.52 Å². The fraction of sp³-hybridized carbons (Fsp3) is 0.600. The van der Waals surface area contributed by atoms with Gasteiger partial charge in [0.25, 0.3) is 0 Å². The topological polar surface area (TPSA) is 49.7 Å². The van der Waals surface area contributed by atoms with Crippen LogP contribution in [-0.2, 0) is 19.3 Å². The van der Waals surface area contributed by atoms with Gasteiger partial charge in [0.1, 0.15) is 5.75 Å². The lowest BCUT2D eigenvalue weighted by Gasteiger charge is -2.23. The predicted octanol–water partition coefficient (Wildman–Crippen LogP) is 14.5. The van der Waals surface area contributed by atoms with Gasteiger partial charge in [0.2, 0.25) is 0 Å². The molecule has 0 aliphatic rings. The van der Waals surface area contributed by atoms with Crippen LogP contribution in [0, 0.1) is 0 Å². The van der Waals surface area contributed by atoms with Crippen LogP contribution >= 0.6 is 8.60 Å². The van der Waals surface area contributed by atoms with Crippen LogP contribution in [0.4, 0.5) is 0 Å². The van der Waals surface area contributed by atoms with E-state index in [0.717, 1.165) is 37.7 Å². The van der Waals surface area contributed by atoms with E-state index in [1.807, 2.05) is 6.07 Å². The number of hydrogen-bond acceptors (Lipinski definition) is 3. The highest BCUT2D eigenvalue weighted by Crippen LogP contribution is 2.47. The summed E-state index contributed by atoms with van der Waals surface area (Å²) in [6.07, 6.45) is 30.1. The van der Waals surface area contributed by atoms with Gasteiger partial charge in [-0.3, -0.25) is 0 Å². The Morgan fingerprint density at radius 1 is 0.408 bits per heavy atom. The van der Waals surface area contributed by atoms with Crippen molar-refractivity contribution >= 4 is 8.60 Å². The Bertz CT molecular complexity index is 1290. The smallest absolute Gasteiger partial charge is 0.391 e. The van der Waals surface area contributed by atoms with E-state index in [1.165, 1.54) is 155 Å². The van der Waals surface area contributed by atoms with E-state index in [9.17, 15) is 9.79 Å². The highest BCUT2D eigenvalue weighted by Gasteiger charge is 2.23. The van der Waals surface area contributed by atoms with Gasteiger partial charge in [-0.25, -0.2) is 0 Å². The first kappa shape index (κ1) is 41.2. The van der Waals surface area contributed by atoms with Crippen molar-refractivity contribution in [3.8, 4) is 28.0 Å². The first-order valence-electron chi connectivity index (χ1n) is 20.3. The zero-order valence-corrected chi connectivity index (χ0v) is 32.4. The van der Waals surface area contributed by atoms with Crippen molar-refractivity contribution in [2.45, 2.75) is 175 Å². The van der Waals surface area contributed by atoms with Crippen molar-refractivity contribution in [2.24, 2.45) is 0 Å². The summed E-state index contributed by atoms with van der Waals surface area (Å²) in [6, 6.07) is 22.0. The van der Waals surface area contributed by atoms with Crippen molar-refractivity contribution in [1.29, 1.82) is 0 Å². The van der Waals surface area contributed by atoms with E-state index in [1.54, 1.807) is 0 Å². The quantitative estimate of drug-likeness (QED) is 0.0590. The molecule has 0 fully saturated rings. The average Bonchev–Trinajstić information content (AvgIpc) is 3.11. The second-order valence-electron chi connectivity index (χ2n) is 14.2. The Balaban J connectivity index is 2.00. The Morgan fingerprint density at radius 2 is 0.776 bits per heavy atom. The third-order valence-electron chi connectivity index (χ3n) is 10.2. The van der Waals surface area contributed by atoms with Crippen LogP contribution in [0.5, 0.6) is 5.75 Å². The maximum Gasteiger partial charge on any atom is 0.391 e. The Kier molecular flexibility index (Phi) is 21.6. The molecule has 3 aromatic carbocycles. The van der Waals surface area contributed by atoms with Crippen molar-refractivity contribution in [3.05, 3.63) is 77.4 Å². The molecule has 0 unspecified atom stereocenters. The summed E-state index contributed by atoms with van der Waals surface area (Å²) in [5.74, 6) is 0.576. The van der Waals surface area contributed by atoms with Gasteiger partial charge in [-0.15, -0.1) is 0 Å². The molecule has 2 N–H and O–H groups in total. The van der Waals surface area contributed by atoms with Gasteiger partial charge in [0.05, 0.1) is 0 Å². The second-order valence-corrected chi connectivity index (χ2v) is 14.9. The summed E-state index contributed by atoms with van der Waals surface area (Å²) >= 11 is 0. The number of hydrogen-bond donors (Lipinski definition) is 2. The van der Waals surface area contributed by atoms with Gasteiger partial charge in [-0.1, -0.05) is 191 Å². The van der Waals surface area contributed by atoms with Gasteiger partial charge in [0, 0.05) is 5.56 Å². The minimum absolute atomic E-state index is 0.576. The zero-order valence-electron chi connectivity index (χ0n) is 31.5. The van der Waals surface area contributed by atoms with E-state index in [-0.39, 0.29) is 0 Å². The van der Waals surface area contributed by atoms with Crippen molar-refractivity contribution in [2.75, 3.05) is 0 Å². The van der Waals surface area contributed by atoms with Gasteiger partial charge in [-0.05, 0) is 78.0 Å². The maximum absolute atomic E-state index is 10.2. The lowest BCUT2D eigenvalue weighted by Crippen LogP contribution is -2.02. The van der Waals surface area contributed by atoms with Crippen molar-refractivity contribution in [3.63, 3.8) is 0 Å². The van der Waals surface area contributed by atoms with Crippen molar-refractivity contribution < 1.29 is 14.3 Å². The van der Waals surface area contributed by atoms with Gasteiger partial charge < -0.3 is 14.3 Å². The predicted molar refractivity (Wildman–Crippen MR) is 214 cm³/mol. The second kappa shape index (κ2) is 25.7. The van der Waals surface area contributed by atoms with Gasteiger partial charge in [-0.2, -0.15) is 0 Å². The summed E-state index contributed by atoms with van der Waals surface area (Å²) in [7, 11) is -2.55. The Labute approximate surface area is 302 Å². The monoisotopic (exact) mass is 688 g/mol. The van der Waals surface area contributed by atoms with Crippen molar-refractivity contribution in [1.82, 2.24) is 0 Å². The molecular formula is C45H69O3P. The third-order valence-corrected chi connectivity index (χ3v) is 10.5. The summed E-state index contributed by atoms with van der Waals surface area (Å²) < 4.78 is 5.89. The SMILES string of the molecule is CCCCCCCCCc1ccccc1-c1c(CCCCCCCCC)ccc(OP(O)O)c1-c1ccccc1CCCCCCCCC. The van der Waals surface area contributed by atoms with Crippen LogP contribution < -0.4 is 4.52 Å². The molecule has 0 radical (unpaired) electrons. The fourth-order valence-electron chi connectivity index (χ4n) is 7.36. The highest BCUT2D eigenvalue weighted by molar-refractivity contribution is 7.39. The first-order chi connectivity index (χ1) is 24.1. The largest absolute Gasteiger partial charge is 0.426 e. The molecule has 0 atom stereocenters. The minimum Gasteiger partial charge on any atom is -0.426 e. The first-order valence-corrected chi connectivity index (χ1v) is 21.4. The number of unbranched alkanes of at least 4 members (excludes halogenated alkanes) is 18. The van der Waals surface area contributed by atoms with E-state index in [2.05, 4.69) is 75.4 Å². The molecule has 0 bridgehead atoms. The van der Waals surface area contributed by atoms with Crippen LogP contribution in [0.25, 0.3) is 22.3 Å². The molecule has 0 spiro atoms. The molecule has 0 heterocycles. The average molecular weight is 689 g/mol. The minimum atomic E-state index is -2.55. The molecule has 49 heavy (non-hydrogen) atoms. The van der Waals surface area contributed by atoms with Crippen LogP contribution in [-0.4, -0.2) is 9.79 Å². The number of benzene rings is 3. The van der Waals surface area contributed by atoms with Gasteiger partial charge in [0.15, 0.2) is 0 Å². The Morgan fingerprint density at radius 3 is 1.20 bits per heavy atom.